The van der Waals surface area contributed by atoms with Crippen molar-refractivity contribution >= 4 is 17.1 Å². The smallest absolute Gasteiger partial charge is 0.271 e. The molecule has 2 aliphatic rings. The number of nitro groups is 1. The SMILES string of the molecule is Nc1cc([N+](=O)[O-])ccc1N1CC2CCC(O)C2C1. The van der Waals surface area contributed by atoms with Gasteiger partial charge in [0.15, 0.2) is 0 Å². The molecule has 3 N–H and O–H groups in total. The van der Waals surface area contributed by atoms with Crippen LogP contribution in [0.5, 0.6) is 0 Å². The Kier molecular flexibility index (Phi) is 2.82. The minimum absolute atomic E-state index is 0.0145. The fourth-order valence-corrected chi connectivity index (χ4v) is 3.38. The molecule has 1 heterocycles. The van der Waals surface area contributed by atoms with Crippen molar-refractivity contribution in [1.29, 1.82) is 0 Å². The zero-order chi connectivity index (χ0) is 13.6. The summed E-state index contributed by atoms with van der Waals surface area (Å²) in [6.45, 7) is 1.66. The molecule has 6 nitrogen and oxygen atoms in total. The van der Waals surface area contributed by atoms with Gasteiger partial charge in [-0.05, 0) is 24.8 Å². The Labute approximate surface area is 111 Å². The van der Waals surface area contributed by atoms with Crippen LogP contribution >= 0.6 is 0 Å². The lowest BCUT2D eigenvalue weighted by Crippen LogP contribution is -2.25. The van der Waals surface area contributed by atoms with Crippen LogP contribution in [0.15, 0.2) is 18.2 Å². The molecule has 3 atom stereocenters. The topological polar surface area (TPSA) is 92.6 Å². The molecule has 2 fully saturated rings. The molecule has 19 heavy (non-hydrogen) atoms. The summed E-state index contributed by atoms with van der Waals surface area (Å²) in [5.41, 5.74) is 7.20. The molecule has 6 heteroatoms. The summed E-state index contributed by atoms with van der Waals surface area (Å²) in [5.74, 6) is 0.833. The fourth-order valence-electron chi connectivity index (χ4n) is 3.38. The van der Waals surface area contributed by atoms with Gasteiger partial charge in [-0.15, -0.1) is 0 Å². The van der Waals surface area contributed by atoms with E-state index in [0.29, 0.717) is 17.5 Å². The maximum Gasteiger partial charge on any atom is 0.271 e. The van der Waals surface area contributed by atoms with Crippen LogP contribution in [0, 0.1) is 22.0 Å². The predicted molar refractivity (Wildman–Crippen MR) is 71.9 cm³/mol. The standard InChI is InChI=1S/C13H17N3O3/c14-11-5-9(16(18)19)2-3-12(11)15-6-8-1-4-13(17)10(8)7-15/h2-3,5,8,10,13,17H,1,4,6-7,14H2. The van der Waals surface area contributed by atoms with E-state index < -0.39 is 4.92 Å². The van der Waals surface area contributed by atoms with Crippen molar-refractivity contribution in [2.24, 2.45) is 11.8 Å². The number of nitro benzene ring substituents is 1. The van der Waals surface area contributed by atoms with Crippen LogP contribution in [0.3, 0.4) is 0 Å². The summed E-state index contributed by atoms with van der Waals surface area (Å²) in [7, 11) is 0. The molecule has 1 aliphatic carbocycles. The van der Waals surface area contributed by atoms with Gasteiger partial charge in [0.1, 0.15) is 0 Å². The number of aliphatic hydroxyl groups is 1. The Balaban J connectivity index is 1.82. The molecule has 1 aromatic rings. The van der Waals surface area contributed by atoms with E-state index in [1.54, 1.807) is 6.07 Å². The van der Waals surface area contributed by atoms with Crippen molar-refractivity contribution < 1.29 is 10.0 Å². The first-order chi connectivity index (χ1) is 9.06. The van der Waals surface area contributed by atoms with Crippen molar-refractivity contribution in [3.05, 3.63) is 28.3 Å². The summed E-state index contributed by atoms with van der Waals surface area (Å²) in [6, 6.07) is 4.59. The number of nitrogens with two attached hydrogens (primary N) is 1. The van der Waals surface area contributed by atoms with Gasteiger partial charge in [-0.2, -0.15) is 0 Å². The van der Waals surface area contributed by atoms with Gasteiger partial charge in [0.25, 0.3) is 5.69 Å². The third kappa shape index (κ3) is 2.02. The molecule has 0 radical (unpaired) electrons. The van der Waals surface area contributed by atoms with Gasteiger partial charge in [0, 0.05) is 31.1 Å². The molecular formula is C13H17N3O3. The average Bonchev–Trinajstić information content (AvgIpc) is 2.92. The largest absolute Gasteiger partial charge is 0.397 e. The van der Waals surface area contributed by atoms with Gasteiger partial charge >= 0.3 is 0 Å². The second-order valence-electron chi connectivity index (χ2n) is 5.47. The molecule has 3 unspecified atom stereocenters. The number of aliphatic hydroxyl groups excluding tert-OH is 1. The van der Waals surface area contributed by atoms with Crippen molar-refractivity contribution in [3.8, 4) is 0 Å². The number of benzene rings is 1. The van der Waals surface area contributed by atoms with Gasteiger partial charge < -0.3 is 15.7 Å². The quantitative estimate of drug-likeness (QED) is 0.478. The lowest BCUT2D eigenvalue weighted by Gasteiger charge is -2.22. The minimum atomic E-state index is -0.442. The Morgan fingerprint density at radius 3 is 2.79 bits per heavy atom. The molecule has 0 amide bonds. The number of hydrogen-bond acceptors (Lipinski definition) is 5. The summed E-state index contributed by atoms with van der Waals surface area (Å²) in [5, 5.41) is 20.6. The third-order valence-electron chi connectivity index (χ3n) is 4.38. The number of nitrogens with zero attached hydrogens (tertiary/aromatic N) is 2. The number of nitrogen functional groups attached to an aromatic ring is 1. The number of hydrogen-bond donors (Lipinski definition) is 2. The van der Waals surface area contributed by atoms with Gasteiger partial charge in [0.2, 0.25) is 0 Å². The Morgan fingerprint density at radius 2 is 2.16 bits per heavy atom. The first-order valence-corrected chi connectivity index (χ1v) is 6.53. The maximum absolute atomic E-state index is 10.7. The predicted octanol–water partition coefficient (Wildman–Crippen LogP) is 1.38. The summed E-state index contributed by atoms with van der Waals surface area (Å²) in [6.07, 6.45) is 1.72. The molecule has 1 aliphatic heterocycles. The number of rotatable bonds is 2. The second-order valence-corrected chi connectivity index (χ2v) is 5.47. The van der Waals surface area contributed by atoms with E-state index in [1.807, 2.05) is 0 Å². The Morgan fingerprint density at radius 1 is 1.37 bits per heavy atom. The van der Waals surface area contributed by atoms with Crippen LogP contribution in [0.4, 0.5) is 17.1 Å². The van der Waals surface area contributed by atoms with Crippen molar-refractivity contribution in [3.63, 3.8) is 0 Å². The van der Waals surface area contributed by atoms with E-state index in [-0.39, 0.29) is 11.8 Å². The Hall–Kier alpha value is -1.82. The van der Waals surface area contributed by atoms with Crippen LogP contribution in [0.2, 0.25) is 0 Å². The molecule has 0 bridgehead atoms. The molecule has 1 aromatic carbocycles. The highest BCUT2D eigenvalue weighted by atomic mass is 16.6. The maximum atomic E-state index is 10.7. The third-order valence-corrected chi connectivity index (χ3v) is 4.38. The van der Waals surface area contributed by atoms with E-state index in [0.717, 1.165) is 31.6 Å². The molecule has 1 saturated heterocycles. The van der Waals surface area contributed by atoms with E-state index in [4.69, 9.17) is 5.73 Å². The molecule has 102 valence electrons. The fraction of sp³-hybridized carbons (Fsp3) is 0.538. The van der Waals surface area contributed by atoms with Crippen molar-refractivity contribution in [2.45, 2.75) is 18.9 Å². The zero-order valence-electron chi connectivity index (χ0n) is 10.5. The molecule has 1 saturated carbocycles. The highest BCUT2D eigenvalue weighted by Gasteiger charge is 2.42. The summed E-state index contributed by atoms with van der Waals surface area (Å²) >= 11 is 0. The van der Waals surface area contributed by atoms with Crippen LogP contribution < -0.4 is 10.6 Å². The van der Waals surface area contributed by atoms with Gasteiger partial charge in [-0.3, -0.25) is 10.1 Å². The monoisotopic (exact) mass is 263 g/mol. The van der Waals surface area contributed by atoms with Crippen LogP contribution in [0.25, 0.3) is 0 Å². The van der Waals surface area contributed by atoms with Crippen molar-refractivity contribution in [2.75, 3.05) is 23.7 Å². The lowest BCUT2D eigenvalue weighted by atomic mass is 10.00. The summed E-state index contributed by atoms with van der Waals surface area (Å²) in [4.78, 5) is 12.4. The molecular weight excluding hydrogens is 246 g/mol. The van der Waals surface area contributed by atoms with E-state index in [2.05, 4.69) is 4.90 Å². The first kappa shape index (κ1) is 12.2. The highest BCUT2D eigenvalue weighted by Crippen LogP contribution is 2.41. The van der Waals surface area contributed by atoms with Gasteiger partial charge in [0.05, 0.1) is 22.4 Å². The normalized spacial score (nSPS) is 29.5. The molecule has 0 spiro atoms. The van der Waals surface area contributed by atoms with Crippen LogP contribution in [-0.2, 0) is 0 Å². The molecule has 0 aromatic heterocycles. The van der Waals surface area contributed by atoms with E-state index in [9.17, 15) is 15.2 Å². The minimum Gasteiger partial charge on any atom is -0.397 e. The van der Waals surface area contributed by atoms with Crippen molar-refractivity contribution in [1.82, 2.24) is 0 Å². The van der Waals surface area contributed by atoms with E-state index >= 15 is 0 Å². The van der Waals surface area contributed by atoms with Gasteiger partial charge in [-0.25, -0.2) is 0 Å². The lowest BCUT2D eigenvalue weighted by molar-refractivity contribution is -0.384. The summed E-state index contributed by atoms with van der Waals surface area (Å²) < 4.78 is 0. The van der Waals surface area contributed by atoms with Gasteiger partial charge in [-0.1, -0.05) is 0 Å². The number of anilines is 2. The zero-order valence-corrected chi connectivity index (χ0v) is 10.5. The average molecular weight is 263 g/mol. The van der Waals surface area contributed by atoms with Crippen LogP contribution in [0.1, 0.15) is 12.8 Å². The second kappa shape index (κ2) is 4.38. The molecule has 3 rings (SSSR count). The first-order valence-electron chi connectivity index (χ1n) is 6.53. The Bertz CT molecular complexity index is 520. The van der Waals surface area contributed by atoms with E-state index in [1.165, 1.54) is 12.1 Å². The number of fused-ring (bicyclic) bond motifs is 1. The highest BCUT2D eigenvalue weighted by molar-refractivity contribution is 5.71. The number of non-ortho nitro benzene ring substituents is 1. The van der Waals surface area contributed by atoms with Crippen LogP contribution in [-0.4, -0.2) is 29.2 Å².